The standard InChI is InChI=1S/C18H21N3O/c1-14-18(12-19-11-17-9-6-10-22-17)15(2)21(20-14)13-16-7-4-3-5-8-16/h3-10,19H,11-13H2,1-2H3. The predicted octanol–water partition coefficient (Wildman–Crippen LogP) is 3.43. The van der Waals surface area contributed by atoms with Gasteiger partial charge in [-0.05, 0) is 31.5 Å². The van der Waals surface area contributed by atoms with Crippen molar-refractivity contribution in [3.8, 4) is 0 Å². The summed E-state index contributed by atoms with van der Waals surface area (Å²) in [5.41, 5.74) is 4.83. The molecule has 0 bridgehead atoms. The molecule has 0 amide bonds. The minimum absolute atomic E-state index is 0.732. The Morgan fingerprint density at radius 1 is 1.05 bits per heavy atom. The normalized spacial score (nSPS) is 11.0. The van der Waals surface area contributed by atoms with Gasteiger partial charge in [-0.25, -0.2) is 0 Å². The van der Waals surface area contributed by atoms with E-state index in [2.05, 4.69) is 53.2 Å². The van der Waals surface area contributed by atoms with Crippen molar-refractivity contribution in [2.45, 2.75) is 33.5 Å². The van der Waals surface area contributed by atoms with Crippen LogP contribution in [0.2, 0.25) is 0 Å². The van der Waals surface area contributed by atoms with Gasteiger partial charge >= 0.3 is 0 Å². The highest BCUT2D eigenvalue weighted by Crippen LogP contribution is 2.15. The van der Waals surface area contributed by atoms with Gasteiger partial charge in [0.25, 0.3) is 0 Å². The lowest BCUT2D eigenvalue weighted by Crippen LogP contribution is -2.13. The molecule has 0 fully saturated rings. The van der Waals surface area contributed by atoms with Crippen LogP contribution in [0.15, 0.2) is 53.1 Å². The van der Waals surface area contributed by atoms with Crippen LogP contribution in [0.1, 0.15) is 28.3 Å². The van der Waals surface area contributed by atoms with E-state index in [9.17, 15) is 0 Å². The topological polar surface area (TPSA) is 43.0 Å². The molecular formula is C18H21N3O. The molecule has 1 N–H and O–H groups in total. The van der Waals surface area contributed by atoms with Crippen molar-refractivity contribution in [2.24, 2.45) is 0 Å². The Balaban J connectivity index is 1.67. The van der Waals surface area contributed by atoms with Crippen molar-refractivity contribution in [1.82, 2.24) is 15.1 Å². The molecule has 0 aliphatic heterocycles. The van der Waals surface area contributed by atoms with Crippen molar-refractivity contribution >= 4 is 0 Å². The average molecular weight is 295 g/mol. The predicted molar refractivity (Wildman–Crippen MR) is 86.5 cm³/mol. The van der Waals surface area contributed by atoms with E-state index in [1.807, 2.05) is 18.2 Å². The fourth-order valence-corrected chi connectivity index (χ4v) is 2.62. The van der Waals surface area contributed by atoms with Crippen LogP contribution < -0.4 is 5.32 Å². The summed E-state index contributed by atoms with van der Waals surface area (Å²) < 4.78 is 7.41. The molecule has 2 aromatic heterocycles. The van der Waals surface area contributed by atoms with Gasteiger partial charge in [0.15, 0.2) is 0 Å². The summed E-state index contributed by atoms with van der Waals surface area (Å²) in [7, 11) is 0. The van der Waals surface area contributed by atoms with Crippen LogP contribution in [0.4, 0.5) is 0 Å². The lowest BCUT2D eigenvalue weighted by Gasteiger charge is -2.06. The molecule has 0 aliphatic rings. The fraction of sp³-hybridized carbons (Fsp3) is 0.278. The molecular weight excluding hydrogens is 274 g/mol. The first-order chi connectivity index (χ1) is 10.7. The Hall–Kier alpha value is -2.33. The molecule has 0 spiro atoms. The smallest absolute Gasteiger partial charge is 0.117 e. The molecule has 3 rings (SSSR count). The fourth-order valence-electron chi connectivity index (χ4n) is 2.62. The Kier molecular flexibility index (Phi) is 4.39. The number of benzene rings is 1. The van der Waals surface area contributed by atoms with E-state index in [-0.39, 0.29) is 0 Å². The van der Waals surface area contributed by atoms with E-state index in [4.69, 9.17) is 4.42 Å². The van der Waals surface area contributed by atoms with Crippen LogP contribution in [-0.2, 0) is 19.6 Å². The lowest BCUT2D eigenvalue weighted by atomic mass is 10.2. The van der Waals surface area contributed by atoms with E-state index in [1.54, 1.807) is 6.26 Å². The Bertz CT molecular complexity index is 714. The highest BCUT2D eigenvalue weighted by atomic mass is 16.3. The molecule has 114 valence electrons. The number of hydrogen-bond acceptors (Lipinski definition) is 3. The maximum Gasteiger partial charge on any atom is 0.117 e. The summed E-state index contributed by atoms with van der Waals surface area (Å²) in [6, 6.07) is 14.3. The number of nitrogens with zero attached hydrogens (tertiary/aromatic N) is 2. The second-order valence-corrected chi connectivity index (χ2v) is 5.48. The van der Waals surface area contributed by atoms with Crippen LogP contribution in [0.5, 0.6) is 0 Å². The quantitative estimate of drug-likeness (QED) is 0.757. The zero-order valence-electron chi connectivity index (χ0n) is 13.0. The van der Waals surface area contributed by atoms with Crippen LogP contribution in [0.25, 0.3) is 0 Å². The van der Waals surface area contributed by atoms with E-state index in [1.165, 1.54) is 16.8 Å². The van der Waals surface area contributed by atoms with Gasteiger partial charge in [-0.2, -0.15) is 5.10 Å². The van der Waals surface area contributed by atoms with Gasteiger partial charge in [-0.3, -0.25) is 4.68 Å². The zero-order valence-corrected chi connectivity index (χ0v) is 13.0. The minimum atomic E-state index is 0.732. The van der Waals surface area contributed by atoms with Crippen molar-refractivity contribution in [3.63, 3.8) is 0 Å². The lowest BCUT2D eigenvalue weighted by molar-refractivity contribution is 0.482. The maximum atomic E-state index is 5.33. The third-order valence-corrected chi connectivity index (χ3v) is 3.89. The summed E-state index contributed by atoms with van der Waals surface area (Å²) in [5.74, 6) is 0.951. The number of nitrogens with one attached hydrogen (secondary N) is 1. The molecule has 4 heteroatoms. The minimum Gasteiger partial charge on any atom is -0.468 e. The highest BCUT2D eigenvalue weighted by Gasteiger charge is 2.11. The Labute approximate surface area is 130 Å². The molecule has 0 aliphatic carbocycles. The molecule has 0 saturated carbocycles. The first kappa shape index (κ1) is 14.6. The summed E-state index contributed by atoms with van der Waals surface area (Å²) in [6.07, 6.45) is 1.70. The van der Waals surface area contributed by atoms with E-state index < -0.39 is 0 Å². The number of hydrogen-bond donors (Lipinski definition) is 1. The van der Waals surface area contributed by atoms with Crippen molar-refractivity contribution in [3.05, 3.63) is 77.0 Å². The van der Waals surface area contributed by atoms with Crippen LogP contribution >= 0.6 is 0 Å². The summed E-state index contributed by atoms with van der Waals surface area (Å²) >= 11 is 0. The number of aromatic nitrogens is 2. The average Bonchev–Trinajstić information content (AvgIpc) is 3.12. The van der Waals surface area contributed by atoms with E-state index >= 15 is 0 Å². The molecule has 1 aromatic carbocycles. The Morgan fingerprint density at radius 2 is 1.86 bits per heavy atom. The van der Waals surface area contributed by atoms with Crippen LogP contribution in [-0.4, -0.2) is 9.78 Å². The van der Waals surface area contributed by atoms with Crippen LogP contribution in [0.3, 0.4) is 0 Å². The summed E-state index contributed by atoms with van der Waals surface area (Å²) in [4.78, 5) is 0. The SMILES string of the molecule is Cc1nn(Cc2ccccc2)c(C)c1CNCc1ccco1. The maximum absolute atomic E-state index is 5.33. The molecule has 0 saturated heterocycles. The molecule has 0 atom stereocenters. The van der Waals surface area contributed by atoms with E-state index in [0.717, 1.165) is 31.1 Å². The Morgan fingerprint density at radius 3 is 2.59 bits per heavy atom. The number of aryl methyl sites for hydroxylation is 1. The van der Waals surface area contributed by atoms with Gasteiger partial charge < -0.3 is 9.73 Å². The zero-order chi connectivity index (χ0) is 15.4. The molecule has 0 unspecified atom stereocenters. The van der Waals surface area contributed by atoms with Gasteiger partial charge in [-0.15, -0.1) is 0 Å². The molecule has 3 aromatic rings. The molecule has 4 nitrogen and oxygen atoms in total. The highest BCUT2D eigenvalue weighted by molar-refractivity contribution is 5.26. The van der Waals surface area contributed by atoms with Crippen molar-refractivity contribution in [1.29, 1.82) is 0 Å². The largest absolute Gasteiger partial charge is 0.468 e. The number of furan rings is 1. The van der Waals surface area contributed by atoms with Crippen molar-refractivity contribution < 1.29 is 4.42 Å². The van der Waals surface area contributed by atoms with Gasteiger partial charge in [0.1, 0.15) is 5.76 Å². The summed E-state index contributed by atoms with van der Waals surface area (Å²) in [6.45, 7) is 6.54. The third-order valence-electron chi connectivity index (χ3n) is 3.89. The van der Waals surface area contributed by atoms with Gasteiger partial charge in [-0.1, -0.05) is 30.3 Å². The van der Waals surface area contributed by atoms with Gasteiger partial charge in [0.05, 0.1) is 25.0 Å². The van der Waals surface area contributed by atoms with Crippen molar-refractivity contribution in [2.75, 3.05) is 0 Å². The van der Waals surface area contributed by atoms with E-state index in [0.29, 0.717) is 0 Å². The van der Waals surface area contributed by atoms with Gasteiger partial charge in [0.2, 0.25) is 0 Å². The van der Waals surface area contributed by atoms with Gasteiger partial charge in [0, 0.05) is 17.8 Å². The second-order valence-electron chi connectivity index (χ2n) is 5.48. The number of rotatable bonds is 6. The summed E-state index contributed by atoms with van der Waals surface area (Å²) in [5, 5.41) is 8.09. The monoisotopic (exact) mass is 295 g/mol. The second kappa shape index (κ2) is 6.62. The third kappa shape index (κ3) is 3.28. The van der Waals surface area contributed by atoms with Crippen LogP contribution in [0, 0.1) is 13.8 Å². The molecule has 22 heavy (non-hydrogen) atoms. The first-order valence-electron chi connectivity index (χ1n) is 7.54. The molecule has 2 heterocycles. The molecule has 0 radical (unpaired) electrons. The first-order valence-corrected chi connectivity index (χ1v) is 7.54.